The highest BCUT2D eigenvalue weighted by molar-refractivity contribution is 5.30. The predicted molar refractivity (Wildman–Crippen MR) is 73.7 cm³/mol. The first-order valence-corrected chi connectivity index (χ1v) is 5.93. The van der Waals surface area contributed by atoms with Gasteiger partial charge in [0.2, 0.25) is 0 Å². The normalized spacial score (nSPS) is 9.83. The molecule has 0 aliphatic carbocycles. The van der Waals surface area contributed by atoms with Gasteiger partial charge < -0.3 is 11.9 Å². The highest BCUT2D eigenvalue weighted by Crippen LogP contribution is 2.14. The van der Waals surface area contributed by atoms with Crippen LogP contribution in [0.2, 0.25) is 0 Å². The number of rotatable bonds is 5. The molecule has 0 saturated carbocycles. The number of nitrogens with zero attached hydrogens (tertiary/aromatic N) is 2. The second kappa shape index (κ2) is 7.53. The van der Waals surface area contributed by atoms with Gasteiger partial charge in [-0.05, 0) is 42.6 Å². The van der Waals surface area contributed by atoms with Gasteiger partial charge in [0.05, 0.1) is 5.69 Å². The molecule has 2 aromatic rings. The summed E-state index contributed by atoms with van der Waals surface area (Å²) in [6, 6.07) is 12.4. The maximum atomic E-state index is 5.56. The van der Waals surface area contributed by atoms with Crippen LogP contribution in [-0.2, 0) is 12.8 Å². The summed E-state index contributed by atoms with van der Waals surface area (Å²) >= 11 is 0. The van der Waals surface area contributed by atoms with E-state index in [0.717, 1.165) is 31.5 Å². The molecule has 0 bridgehead atoms. The number of aryl methyl sites for hydroxylation is 1. The molecule has 0 aliphatic rings. The van der Waals surface area contributed by atoms with Gasteiger partial charge in [0.1, 0.15) is 0 Å². The van der Waals surface area contributed by atoms with Gasteiger partial charge >= 0.3 is 0 Å². The predicted octanol–water partition coefficient (Wildman–Crippen LogP) is 2.12. The Balaban J connectivity index is 0.00000162. The van der Waals surface area contributed by atoms with E-state index in [1.807, 2.05) is 12.1 Å². The minimum absolute atomic E-state index is 0. The molecule has 18 heavy (non-hydrogen) atoms. The van der Waals surface area contributed by atoms with Crippen molar-refractivity contribution in [3.05, 3.63) is 59.4 Å². The van der Waals surface area contributed by atoms with Crippen LogP contribution in [0.5, 0.6) is 0 Å². The van der Waals surface area contributed by atoms with E-state index in [2.05, 4.69) is 34.5 Å². The highest BCUT2D eigenvalue weighted by atomic mass is 15.1. The number of nitrogens with two attached hydrogens (primary N) is 1. The fraction of sp³-hybridized carbons (Fsp3) is 0.286. The summed E-state index contributed by atoms with van der Waals surface area (Å²) < 4.78 is 0. The molecular formula is C14H20N4. The monoisotopic (exact) mass is 244 g/mol. The van der Waals surface area contributed by atoms with Gasteiger partial charge in [0, 0.05) is 12.6 Å². The summed E-state index contributed by atoms with van der Waals surface area (Å²) in [6.07, 6.45) is 4.60. The molecule has 4 nitrogen and oxygen atoms in total. The van der Waals surface area contributed by atoms with E-state index in [1.165, 1.54) is 11.1 Å². The molecule has 0 radical (unpaired) electrons. The van der Waals surface area contributed by atoms with Crippen molar-refractivity contribution < 1.29 is 0 Å². The van der Waals surface area contributed by atoms with Crippen molar-refractivity contribution in [3.8, 4) is 0 Å². The lowest BCUT2D eigenvalue weighted by Crippen LogP contribution is -2.03. The molecule has 0 saturated heterocycles. The molecule has 0 amide bonds. The van der Waals surface area contributed by atoms with Crippen molar-refractivity contribution in [1.29, 1.82) is 0 Å². The Morgan fingerprint density at radius 3 is 2.44 bits per heavy atom. The van der Waals surface area contributed by atoms with Crippen LogP contribution in [0.4, 0.5) is 0 Å². The number of hydrogen-bond donors (Lipinski definition) is 2. The molecule has 2 rings (SSSR count). The second-order valence-corrected chi connectivity index (χ2v) is 4.05. The molecule has 1 aromatic carbocycles. The molecule has 0 fully saturated rings. The zero-order chi connectivity index (χ0) is 11.9. The lowest BCUT2D eigenvalue weighted by molar-refractivity contribution is 0.820. The topological polar surface area (TPSA) is 86.8 Å². The van der Waals surface area contributed by atoms with Crippen molar-refractivity contribution in [2.75, 3.05) is 6.54 Å². The Hall–Kier alpha value is -1.78. The van der Waals surface area contributed by atoms with E-state index in [9.17, 15) is 0 Å². The lowest BCUT2D eigenvalue weighted by atomic mass is 9.99. The quantitative estimate of drug-likeness (QED) is 0.843. The molecule has 0 aliphatic heterocycles. The van der Waals surface area contributed by atoms with Gasteiger partial charge in [-0.25, -0.2) is 0 Å². The van der Waals surface area contributed by atoms with Crippen LogP contribution in [0.15, 0.2) is 42.6 Å². The minimum Gasteiger partial charge on any atom is -0.344 e. The van der Waals surface area contributed by atoms with Gasteiger partial charge in [-0.1, -0.05) is 24.3 Å². The summed E-state index contributed by atoms with van der Waals surface area (Å²) in [7, 11) is 0. The van der Waals surface area contributed by atoms with E-state index in [1.54, 1.807) is 6.20 Å². The van der Waals surface area contributed by atoms with Crippen molar-refractivity contribution >= 4 is 0 Å². The second-order valence-electron chi connectivity index (χ2n) is 4.05. The molecule has 4 heteroatoms. The lowest BCUT2D eigenvalue weighted by Gasteiger charge is -2.08. The van der Waals surface area contributed by atoms with Gasteiger partial charge in [-0.3, -0.25) is 0 Å². The van der Waals surface area contributed by atoms with Crippen LogP contribution in [0.25, 0.3) is 0 Å². The first-order chi connectivity index (χ1) is 8.40. The Labute approximate surface area is 108 Å². The van der Waals surface area contributed by atoms with Crippen molar-refractivity contribution in [2.24, 2.45) is 5.73 Å². The van der Waals surface area contributed by atoms with Crippen LogP contribution >= 0.6 is 0 Å². The zero-order valence-corrected chi connectivity index (χ0v) is 10.5. The summed E-state index contributed by atoms with van der Waals surface area (Å²) in [5, 5.41) is 8.02. The van der Waals surface area contributed by atoms with Crippen LogP contribution in [-0.4, -0.2) is 16.7 Å². The molecular weight excluding hydrogens is 224 g/mol. The number of aromatic nitrogens is 2. The Morgan fingerprint density at radius 2 is 1.78 bits per heavy atom. The van der Waals surface area contributed by atoms with Crippen LogP contribution in [0, 0.1) is 0 Å². The van der Waals surface area contributed by atoms with Gasteiger partial charge in [0.25, 0.3) is 0 Å². The van der Waals surface area contributed by atoms with E-state index < -0.39 is 0 Å². The average Bonchev–Trinajstić information content (AvgIpc) is 2.39. The van der Waals surface area contributed by atoms with Crippen LogP contribution in [0.3, 0.4) is 0 Å². The molecule has 0 unspecified atom stereocenters. The highest BCUT2D eigenvalue weighted by Gasteiger charge is 2.03. The summed E-state index contributed by atoms with van der Waals surface area (Å²) in [5.41, 5.74) is 9.25. The minimum atomic E-state index is 0. The van der Waals surface area contributed by atoms with Gasteiger partial charge in [-0.15, -0.1) is 0 Å². The largest absolute Gasteiger partial charge is 0.344 e. The Bertz CT molecular complexity index is 456. The third-order valence-electron chi connectivity index (χ3n) is 2.77. The summed E-state index contributed by atoms with van der Waals surface area (Å²) in [4.78, 5) is 0. The average molecular weight is 244 g/mol. The fourth-order valence-electron chi connectivity index (χ4n) is 1.89. The SMILES string of the molecule is N.NCCCc1ccccc1Cc1cccnn1. The van der Waals surface area contributed by atoms with Gasteiger partial charge in [-0.2, -0.15) is 10.2 Å². The van der Waals surface area contributed by atoms with Crippen LogP contribution < -0.4 is 11.9 Å². The van der Waals surface area contributed by atoms with E-state index in [-0.39, 0.29) is 6.15 Å². The van der Waals surface area contributed by atoms with E-state index in [0.29, 0.717) is 0 Å². The van der Waals surface area contributed by atoms with E-state index in [4.69, 9.17) is 5.73 Å². The maximum absolute atomic E-state index is 5.56. The number of hydrogen-bond acceptors (Lipinski definition) is 4. The smallest absolute Gasteiger partial charge is 0.0674 e. The fourth-order valence-corrected chi connectivity index (χ4v) is 1.89. The Morgan fingerprint density at radius 1 is 1.00 bits per heavy atom. The molecule has 0 atom stereocenters. The Kier molecular flexibility index (Phi) is 5.97. The maximum Gasteiger partial charge on any atom is 0.0674 e. The molecule has 1 heterocycles. The molecule has 0 spiro atoms. The molecule has 96 valence electrons. The first-order valence-electron chi connectivity index (χ1n) is 5.93. The summed E-state index contributed by atoms with van der Waals surface area (Å²) in [5.74, 6) is 0. The summed E-state index contributed by atoms with van der Waals surface area (Å²) in [6.45, 7) is 0.736. The zero-order valence-electron chi connectivity index (χ0n) is 10.5. The molecule has 1 aromatic heterocycles. The van der Waals surface area contributed by atoms with E-state index >= 15 is 0 Å². The van der Waals surface area contributed by atoms with Crippen molar-refractivity contribution in [1.82, 2.24) is 16.3 Å². The first kappa shape index (κ1) is 14.3. The molecule has 5 N–H and O–H groups in total. The standard InChI is InChI=1S/C14H17N3.H3N/c15-9-3-7-12-5-1-2-6-13(12)11-14-8-4-10-16-17-14;/h1-2,4-6,8,10H,3,7,9,11,15H2;1H3. The third-order valence-corrected chi connectivity index (χ3v) is 2.77. The van der Waals surface area contributed by atoms with Crippen molar-refractivity contribution in [2.45, 2.75) is 19.3 Å². The van der Waals surface area contributed by atoms with Gasteiger partial charge in [0.15, 0.2) is 0 Å². The van der Waals surface area contributed by atoms with Crippen LogP contribution in [0.1, 0.15) is 23.2 Å². The van der Waals surface area contributed by atoms with Crippen molar-refractivity contribution in [3.63, 3.8) is 0 Å². The third kappa shape index (κ3) is 3.91. The number of benzene rings is 1.